The molecule has 0 bridgehead atoms. The highest BCUT2D eigenvalue weighted by molar-refractivity contribution is 7.52. The summed E-state index contributed by atoms with van der Waals surface area (Å²) in [5.41, 5.74) is 10.2. The van der Waals surface area contributed by atoms with Crippen LogP contribution in [-0.2, 0) is 9.36 Å². The lowest BCUT2D eigenvalue weighted by Crippen LogP contribution is -2.47. The average Bonchev–Trinajstić information content (AvgIpc) is 2.81. The Hall–Kier alpha value is -1.11. The molecule has 8 nitrogen and oxygen atoms in total. The number of nitrogens with one attached hydrogen (secondary N) is 1. The molecule has 1 amide bonds. The van der Waals surface area contributed by atoms with Gasteiger partial charge in [0.25, 0.3) is 0 Å². The number of carbonyl (C=O) groups excluding carboxylic acids is 1. The van der Waals surface area contributed by atoms with E-state index in [1.54, 1.807) is 0 Å². The molecule has 0 heterocycles. The number of hydrogen-bond acceptors (Lipinski definition) is 3. The quantitative estimate of drug-likeness (QED) is 0.257. The van der Waals surface area contributed by atoms with E-state index in [2.05, 4.69) is 10.3 Å². The molecule has 0 aliphatic heterocycles. The van der Waals surface area contributed by atoms with Gasteiger partial charge in [-0.3, -0.25) is 9.36 Å². The minimum Gasteiger partial charge on any atom is -0.370 e. The average molecular weight is 348 g/mol. The van der Waals surface area contributed by atoms with Crippen LogP contribution in [0.5, 0.6) is 0 Å². The monoisotopic (exact) mass is 348 g/mol. The molecular formula is C14H29N4O4P. The van der Waals surface area contributed by atoms with Gasteiger partial charge in [-0.2, -0.15) is 0 Å². The second kappa shape index (κ2) is 8.13. The largest absolute Gasteiger partial charge is 0.370 e. The van der Waals surface area contributed by atoms with Crippen LogP contribution in [0.25, 0.3) is 0 Å². The van der Waals surface area contributed by atoms with E-state index in [9.17, 15) is 19.1 Å². The summed E-state index contributed by atoms with van der Waals surface area (Å²) in [6.07, 6.45) is 2.23. The smallest absolute Gasteiger partial charge is 0.328 e. The fourth-order valence-electron chi connectivity index (χ4n) is 3.63. The van der Waals surface area contributed by atoms with Gasteiger partial charge in [0.05, 0.1) is 11.7 Å². The maximum Gasteiger partial charge on any atom is 0.328 e. The third kappa shape index (κ3) is 5.48. The van der Waals surface area contributed by atoms with Gasteiger partial charge < -0.3 is 26.6 Å². The Bertz CT molecular complexity index is 485. The molecule has 1 fully saturated rings. The number of nitrogens with two attached hydrogens (primary N) is 2. The van der Waals surface area contributed by atoms with Gasteiger partial charge in [-0.05, 0) is 18.8 Å². The maximum atomic E-state index is 11.7. The minimum absolute atomic E-state index is 0.0996. The summed E-state index contributed by atoms with van der Waals surface area (Å²) in [7, 11) is -4.22. The highest BCUT2D eigenvalue weighted by Crippen LogP contribution is 2.52. The third-order valence-electron chi connectivity index (χ3n) is 4.73. The predicted molar refractivity (Wildman–Crippen MR) is 89.8 cm³/mol. The van der Waals surface area contributed by atoms with E-state index in [-0.39, 0.29) is 36.2 Å². The summed E-state index contributed by atoms with van der Waals surface area (Å²) in [6.45, 7) is 5.52. The van der Waals surface area contributed by atoms with Crippen molar-refractivity contribution in [3.05, 3.63) is 0 Å². The van der Waals surface area contributed by atoms with Crippen LogP contribution in [0, 0.1) is 11.8 Å². The first-order chi connectivity index (χ1) is 10.6. The van der Waals surface area contributed by atoms with Crippen molar-refractivity contribution >= 4 is 19.5 Å². The minimum atomic E-state index is -4.22. The third-order valence-corrected chi connectivity index (χ3v) is 6.10. The molecule has 0 aromatic rings. The molecule has 1 saturated carbocycles. The Morgan fingerprint density at radius 2 is 1.87 bits per heavy atom. The van der Waals surface area contributed by atoms with Gasteiger partial charge in [0, 0.05) is 18.9 Å². The van der Waals surface area contributed by atoms with Crippen LogP contribution in [-0.4, -0.2) is 39.4 Å². The summed E-state index contributed by atoms with van der Waals surface area (Å²) in [5, 5.41) is 2.96. The molecule has 0 spiro atoms. The first kappa shape index (κ1) is 19.9. The Labute approximate surface area is 137 Å². The molecule has 134 valence electrons. The molecule has 4 atom stereocenters. The number of guanidine groups is 1. The topological polar surface area (TPSA) is 151 Å². The van der Waals surface area contributed by atoms with Gasteiger partial charge in [0.15, 0.2) is 5.96 Å². The molecule has 1 rings (SSSR count). The Balaban J connectivity index is 3.15. The molecule has 0 radical (unpaired) electrons. The van der Waals surface area contributed by atoms with E-state index in [0.29, 0.717) is 6.42 Å². The summed E-state index contributed by atoms with van der Waals surface area (Å²) >= 11 is 0. The first-order valence-electron chi connectivity index (χ1n) is 8.01. The first-order valence-corrected chi connectivity index (χ1v) is 9.69. The van der Waals surface area contributed by atoms with Crippen LogP contribution >= 0.6 is 7.60 Å². The highest BCUT2D eigenvalue weighted by Gasteiger charge is 2.47. The van der Waals surface area contributed by atoms with Crippen molar-refractivity contribution in [2.75, 3.05) is 0 Å². The fourth-order valence-corrected chi connectivity index (χ4v) is 4.64. The second-order valence-corrected chi connectivity index (χ2v) is 8.21. The summed E-state index contributed by atoms with van der Waals surface area (Å²) < 4.78 is 11.7. The summed E-state index contributed by atoms with van der Waals surface area (Å²) in [6, 6.07) is -0.595. The number of amides is 1. The Morgan fingerprint density at radius 3 is 2.26 bits per heavy atom. The van der Waals surface area contributed by atoms with Crippen LogP contribution in [0.4, 0.5) is 0 Å². The van der Waals surface area contributed by atoms with E-state index in [4.69, 9.17) is 11.5 Å². The molecule has 0 saturated heterocycles. The zero-order chi connectivity index (χ0) is 17.8. The van der Waals surface area contributed by atoms with Crippen molar-refractivity contribution in [1.29, 1.82) is 0 Å². The number of rotatable bonds is 7. The molecule has 0 aromatic heterocycles. The van der Waals surface area contributed by atoms with E-state index < -0.39 is 19.3 Å². The van der Waals surface area contributed by atoms with Crippen LogP contribution in [0.2, 0.25) is 0 Å². The van der Waals surface area contributed by atoms with Gasteiger partial charge in [0.2, 0.25) is 5.91 Å². The summed E-state index contributed by atoms with van der Waals surface area (Å²) in [5.74, 6) is -0.248. The zero-order valence-electron chi connectivity index (χ0n) is 14.0. The van der Waals surface area contributed by atoms with E-state index in [0.717, 1.165) is 12.8 Å². The predicted octanol–water partition coefficient (Wildman–Crippen LogP) is 0.526. The van der Waals surface area contributed by atoms with Crippen LogP contribution in [0.1, 0.15) is 46.5 Å². The lowest BCUT2D eigenvalue weighted by molar-refractivity contribution is -0.120. The number of nitrogens with zero attached hydrogens (tertiary/aromatic N) is 1. The van der Waals surface area contributed by atoms with Crippen molar-refractivity contribution in [1.82, 2.24) is 5.32 Å². The van der Waals surface area contributed by atoms with Gasteiger partial charge >= 0.3 is 7.60 Å². The van der Waals surface area contributed by atoms with E-state index in [1.165, 1.54) is 6.92 Å². The Morgan fingerprint density at radius 1 is 1.30 bits per heavy atom. The number of carbonyl (C=O) groups is 1. The number of hydrogen-bond donors (Lipinski definition) is 5. The second-order valence-electron chi connectivity index (χ2n) is 6.30. The van der Waals surface area contributed by atoms with Gasteiger partial charge in [-0.1, -0.05) is 26.7 Å². The van der Waals surface area contributed by atoms with Gasteiger partial charge in [0.1, 0.15) is 0 Å². The van der Waals surface area contributed by atoms with E-state index >= 15 is 0 Å². The van der Waals surface area contributed by atoms with Crippen molar-refractivity contribution in [3.8, 4) is 0 Å². The van der Waals surface area contributed by atoms with Crippen LogP contribution < -0.4 is 16.8 Å². The molecule has 1 aliphatic rings. The van der Waals surface area contributed by atoms with Crippen molar-refractivity contribution in [3.63, 3.8) is 0 Å². The van der Waals surface area contributed by atoms with Crippen molar-refractivity contribution in [2.45, 2.75) is 64.2 Å². The van der Waals surface area contributed by atoms with Crippen molar-refractivity contribution in [2.24, 2.45) is 28.3 Å². The van der Waals surface area contributed by atoms with E-state index in [1.807, 2.05) is 13.8 Å². The molecular weight excluding hydrogens is 319 g/mol. The molecule has 9 heteroatoms. The normalized spacial score (nSPS) is 26.1. The van der Waals surface area contributed by atoms with Crippen molar-refractivity contribution < 1.29 is 19.1 Å². The van der Waals surface area contributed by atoms with Crippen LogP contribution in [0.15, 0.2) is 4.99 Å². The molecule has 23 heavy (non-hydrogen) atoms. The van der Waals surface area contributed by atoms with Crippen LogP contribution in [0.3, 0.4) is 0 Å². The lowest BCUT2D eigenvalue weighted by Gasteiger charge is -2.33. The fraction of sp³-hybridized carbons (Fsp3) is 0.857. The molecule has 1 aliphatic carbocycles. The van der Waals surface area contributed by atoms with Gasteiger partial charge in [-0.15, -0.1) is 0 Å². The standard InChI is InChI=1S/C14H29N4O4P/c1-4-9(5-2)13(17-8(3)19)11-6-10(23(20,21)22)7-12(11)18-14(15)16/h9-13H,4-7H2,1-3H3,(H,17,19)(H4,15,16,18)(H2,20,21,22)/t10-,11-,12-,13+/m1/s1. The SMILES string of the molecule is CCC(CC)[C@H](NC(C)=O)[C@@H]1C[C@@H](P(=O)(O)O)C[C@H]1N=C(N)N. The van der Waals surface area contributed by atoms with Gasteiger partial charge in [-0.25, -0.2) is 4.99 Å². The molecule has 0 unspecified atom stereocenters. The lowest BCUT2D eigenvalue weighted by atomic mass is 9.82. The number of aliphatic imine (C=N–C) groups is 1. The maximum absolute atomic E-state index is 11.7. The zero-order valence-corrected chi connectivity index (χ0v) is 14.9. The molecule has 0 aromatic carbocycles. The Kier molecular flexibility index (Phi) is 7.04. The highest BCUT2D eigenvalue weighted by atomic mass is 31.2. The summed E-state index contributed by atoms with van der Waals surface area (Å²) in [4.78, 5) is 34.8. The molecule has 7 N–H and O–H groups in total.